The Morgan fingerprint density at radius 1 is 1.50 bits per heavy atom. The second-order valence-electron chi connectivity index (χ2n) is 4.29. The van der Waals surface area contributed by atoms with Crippen molar-refractivity contribution < 1.29 is 5.11 Å². The van der Waals surface area contributed by atoms with Crippen LogP contribution in [0.25, 0.3) is 0 Å². The molecule has 4 nitrogen and oxygen atoms in total. The molecule has 1 heterocycles. The topological polar surface area (TPSA) is 64.1 Å². The van der Waals surface area contributed by atoms with Gasteiger partial charge in [-0.2, -0.15) is 5.10 Å². The van der Waals surface area contributed by atoms with Gasteiger partial charge < -0.3 is 10.8 Å². The summed E-state index contributed by atoms with van der Waals surface area (Å²) in [7, 11) is 1.88. The molecule has 0 bridgehead atoms. The van der Waals surface area contributed by atoms with Gasteiger partial charge in [0.15, 0.2) is 0 Å². The van der Waals surface area contributed by atoms with Crippen LogP contribution in [-0.4, -0.2) is 21.4 Å². The van der Waals surface area contributed by atoms with Gasteiger partial charge in [0, 0.05) is 24.7 Å². The number of aliphatic hydroxyl groups is 1. The third kappa shape index (κ3) is 2.83. The van der Waals surface area contributed by atoms with Crippen LogP contribution < -0.4 is 5.73 Å². The highest BCUT2D eigenvalue weighted by Crippen LogP contribution is 2.27. The van der Waals surface area contributed by atoms with Crippen molar-refractivity contribution in [1.82, 2.24) is 9.78 Å². The summed E-state index contributed by atoms with van der Waals surface area (Å²) in [5.74, 6) is 0.138. The van der Waals surface area contributed by atoms with E-state index in [0.717, 1.165) is 30.5 Å². The number of aliphatic hydroxyl groups excluding tert-OH is 1. The SMILES string of the molecule is CCCC(CN)C(O)c1cn(C)nc1CC. The smallest absolute Gasteiger partial charge is 0.0863 e. The molecule has 0 radical (unpaired) electrons. The lowest BCUT2D eigenvalue weighted by Gasteiger charge is -2.20. The first kappa shape index (κ1) is 13.2. The molecule has 0 saturated heterocycles. The van der Waals surface area contributed by atoms with E-state index in [0.29, 0.717) is 6.54 Å². The van der Waals surface area contributed by atoms with Crippen molar-refractivity contribution >= 4 is 0 Å². The number of hydrogen-bond acceptors (Lipinski definition) is 3. The van der Waals surface area contributed by atoms with Gasteiger partial charge in [0.2, 0.25) is 0 Å². The molecule has 0 aliphatic heterocycles. The molecule has 2 unspecified atom stereocenters. The van der Waals surface area contributed by atoms with Crippen molar-refractivity contribution in [3.8, 4) is 0 Å². The minimum Gasteiger partial charge on any atom is -0.388 e. The maximum Gasteiger partial charge on any atom is 0.0863 e. The van der Waals surface area contributed by atoms with E-state index in [2.05, 4.69) is 18.9 Å². The van der Waals surface area contributed by atoms with Gasteiger partial charge in [-0.25, -0.2) is 0 Å². The Kier molecular flexibility index (Phi) is 4.96. The summed E-state index contributed by atoms with van der Waals surface area (Å²) >= 11 is 0. The van der Waals surface area contributed by atoms with Crippen LogP contribution in [0.15, 0.2) is 6.20 Å². The third-order valence-electron chi connectivity index (χ3n) is 3.00. The minimum absolute atomic E-state index is 0.138. The maximum absolute atomic E-state index is 10.3. The highest BCUT2D eigenvalue weighted by atomic mass is 16.3. The Morgan fingerprint density at radius 3 is 2.69 bits per heavy atom. The van der Waals surface area contributed by atoms with Gasteiger partial charge in [-0.3, -0.25) is 4.68 Å². The average Bonchev–Trinajstić information content (AvgIpc) is 2.66. The van der Waals surface area contributed by atoms with E-state index in [1.807, 2.05) is 13.2 Å². The van der Waals surface area contributed by atoms with Gasteiger partial charge in [0.1, 0.15) is 0 Å². The predicted molar refractivity (Wildman–Crippen MR) is 65.0 cm³/mol. The standard InChI is InChI=1S/C12H23N3O/c1-4-6-9(7-13)12(16)10-8-15(3)14-11(10)5-2/h8-9,12,16H,4-7,13H2,1-3H3. The number of rotatable bonds is 6. The molecule has 3 N–H and O–H groups in total. The molecule has 1 aromatic heterocycles. The van der Waals surface area contributed by atoms with Crippen LogP contribution in [0, 0.1) is 5.92 Å². The quantitative estimate of drug-likeness (QED) is 0.769. The Labute approximate surface area is 97.5 Å². The fraction of sp³-hybridized carbons (Fsp3) is 0.750. The lowest BCUT2D eigenvalue weighted by molar-refractivity contribution is 0.106. The molecule has 1 rings (SSSR count). The van der Waals surface area contributed by atoms with Crippen LogP contribution >= 0.6 is 0 Å². The number of hydrogen-bond donors (Lipinski definition) is 2. The zero-order valence-corrected chi connectivity index (χ0v) is 10.5. The summed E-state index contributed by atoms with van der Waals surface area (Å²) in [6.07, 6.45) is 4.27. The molecular formula is C12H23N3O. The highest BCUT2D eigenvalue weighted by molar-refractivity contribution is 5.20. The molecule has 0 fully saturated rings. The molecule has 16 heavy (non-hydrogen) atoms. The monoisotopic (exact) mass is 225 g/mol. The number of aromatic nitrogens is 2. The molecular weight excluding hydrogens is 202 g/mol. The summed E-state index contributed by atoms with van der Waals surface area (Å²) in [4.78, 5) is 0. The van der Waals surface area contributed by atoms with E-state index < -0.39 is 6.10 Å². The zero-order valence-electron chi connectivity index (χ0n) is 10.5. The molecule has 2 atom stereocenters. The summed E-state index contributed by atoms with van der Waals surface area (Å²) < 4.78 is 1.76. The summed E-state index contributed by atoms with van der Waals surface area (Å²) in [6, 6.07) is 0. The van der Waals surface area contributed by atoms with E-state index in [-0.39, 0.29) is 5.92 Å². The van der Waals surface area contributed by atoms with Crippen LogP contribution in [0.3, 0.4) is 0 Å². The molecule has 0 aliphatic carbocycles. The Hall–Kier alpha value is -0.870. The fourth-order valence-electron chi connectivity index (χ4n) is 2.10. The fourth-order valence-corrected chi connectivity index (χ4v) is 2.10. The van der Waals surface area contributed by atoms with Crippen molar-refractivity contribution in [3.63, 3.8) is 0 Å². The van der Waals surface area contributed by atoms with E-state index in [4.69, 9.17) is 5.73 Å². The van der Waals surface area contributed by atoms with Gasteiger partial charge in [0.05, 0.1) is 11.8 Å². The van der Waals surface area contributed by atoms with Crippen molar-refractivity contribution in [2.75, 3.05) is 6.54 Å². The maximum atomic E-state index is 10.3. The second kappa shape index (κ2) is 6.01. The van der Waals surface area contributed by atoms with E-state index in [1.165, 1.54) is 0 Å². The van der Waals surface area contributed by atoms with Crippen molar-refractivity contribution in [2.24, 2.45) is 18.7 Å². The average molecular weight is 225 g/mol. The first-order chi connectivity index (χ1) is 7.63. The zero-order chi connectivity index (χ0) is 12.1. The summed E-state index contributed by atoms with van der Waals surface area (Å²) in [6.45, 7) is 4.68. The van der Waals surface area contributed by atoms with Crippen molar-refractivity contribution in [2.45, 2.75) is 39.2 Å². The van der Waals surface area contributed by atoms with Crippen LogP contribution in [0.5, 0.6) is 0 Å². The molecule has 0 aliphatic rings. The van der Waals surface area contributed by atoms with E-state index >= 15 is 0 Å². The van der Waals surface area contributed by atoms with Gasteiger partial charge in [-0.05, 0) is 19.4 Å². The van der Waals surface area contributed by atoms with Gasteiger partial charge >= 0.3 is 0 Å². The molecule has 92 valence electrons. The highest BCUT2D eigenvalue weighted by Gasteiger charge is 2.22. The van der Waals surface area contributed by atoms with Crippen LogP contribution in [0.2, 0.25) is 0 Å². The normalized spacial score (nSPS) is 15.1. The molecule has 1 aromatic rings. The number of nitrogens with zero attached hydrogens (tertiary/aromatic N) is 2. The van der Waals surface area contributed by atoms with Crippen LogP contribution in [0.4, 0.5) is 0 Å². The molecule has 0 aromatic carbocycles. The van der Waals surface area contributed by atoms with Crippen molar-refractivity contribution in [3.05, 3.63) is 17.5 Å². The molecule has 0 saturated carbocycles. The van der Waals surface area contributed by atoms with E-state index in [9.17, 15) is 5.11 Å². The van der Waals surface area contributed by atoms with Crippen LogP contribution in [-0.2, 0) is 13.5 Å². The van der Waals surface area contributed by atoms with E-state index in [1.54, 1.807) is 4.68 Å². The molecule has 0 spiro atoms. The third-order valence-corrected chi connectivity index (χ3v) is 3.00. The van der Waals surface area contributed by atoms with Crippen LogP contribution in [0.1, 0.15) is 44.1 Å². The molecule has 0 amide bonds. The van der Waals surface area contributed by atoms with Crippen molar-refractivity contribution in [1.29, 1.82) is 0 Å². The van der Waals surface area contributed by atoms with Gasteiger partial charge in [0.25, 0.3) is 0 Å². The lowest BCUT2D eigenvalue weighted by atomic mass is 9.92. The second-order valence-corrected chi connectivity index (χ2v) is 4.29. The number of nitrogens with two attached hydrogens (primary N) is 1. The van der Waals surface area contributed by atoms with Gasteiger partial charge in [-0.15, -0.1) is 0 Å². The first-order valence-electron chi connectivity index (χ1n) is 6.04. The number of aryl methyl sites for hydroxylation is 2. The minimum atomic E-state index is -0.478. The Balaban J connectivity index is 2.88. The summed E-state index contributed by atoms with van der Waals surface area (Å²) in [5, 5.41) is 14.6. The molecule has 4 heteroatoms. The largest absolute Gasteiger partial charge is 0.388 e. The Bertz CT molecular complexity index is 322. The Morgan fingerprint density at radius 2 is 2.19 bits per heavy atom. The predicted octanol–water partition coefficient (Wildman–Crippen LogP) is 1.39. The summed E-state index contributed by atoms with van der Waals surface area (Å²) in [5.41, 5.74) is 7.62. The van der Waals surface area contributed by atoms with Gasteiger partial charge in [-0.1, -0.05) is 20.3 Å². The first-order valence-corrected chi connectivity index (χ1v) is 6.04. The lowest BCUT2D eigenvalue weighted by Crippen LogP contribution is -2.22.